The standard InChI is InChI=1S/C21H28ClN3O2/c1-14-2-8-17(9-3-14)25-20(15-4-6-16(22)7-5-15)18-10-12-24(21(26)27)13-11-19(18)23-25/h4-7,14,17,20,23H,2-3,8-13H2,1H3,(H,26,27). The van der Waals surface area contributed by atoms with Gasteiger partial charge in [0.05, 0.1) is 6.04 Å². The molecule has 1 saturated carbocycles. The van der Waals surface area contributed by atoms with Gasteiger partial charge in [0.2, 0.25) is 0 Å². The van der Waals surface area contributed by atoms with Crippen molar-refractivity contribution in [3.8, 4) is 0 Å². The number of rotatable bonds is 2. The smallest absolute Gasteiger partial charge is 0.407 e. The van der Waals surface area contributed by atoms with Gasteiger partial charge < -0.3 is 15.4 Å². The average Bonchev–Trinajstić information content (AvgIpc) is 2.88. The van der Waals surface area contributed by atoms with Gasteiger partial charge in [-0.2, -0.15) is 0 Å². The Kier molecular flexibility index (Phi) is 5.33. The molecular weight excluding hydrogens is 362 g/mol. The van der Waals surface area contributed by atoms with Gasteiger partial charge in [-0.3, -0.25) is 0 Å². The van der Waals surface area contributed by atoms with Crippen LogP contribution in [0.3, 0.4) is 0 Å². The van der Waals surface area contributed by atoms with Gasteiger partial charge in [-0.15, -0.1) is 0 Å². The van der Waals surface area contributed by atoms with Gasteiger partial charge in [0.25, 0.3) is 0 Å². The van der Waals surface area contributed by atoms with Gasteiger partial charge in [-0.25, -0.2) is 9.80 Å². The highest BCUT2D eigenvalue weighted by Crippen LogP contribution is 2.42. The number of carbonyl (C=O) groups is 1. The molecule has 0 saturated heterocycles. The minimum Gasteiger partial charge on any atom is -0.465 e. The molecule has 0 radical (unpaired) electrons. The Morgan fingerprint density at radius 1 is 1.11 bits per heavy atom. The SMILES string of the molecule is CC1CCC(N2NC3=C(CCN(C(=O)O)CC3)C2c2ccc(Cl)cc2)CC1. The zero-order valence-corrected chi connectivity index (χ0v) is 16.6. The fourth-order valence-corrected chi connectivity index (χ4v) is 4.89. The van der Waals surface area contributed by atoms with Crippen LogP contribution in [-0.4, -0.2) is 40.2 Å². The van der Waals surface area contributed by atoms with Crippen molar-refractivity contribution in [3.05, 3.63) is 46.1 Å². The fourth-order valence-electron chi connectivity index (χ4n) is 4.76. The Labute approximate surface area is 165 Å². The average molecular weight is 390 g/mol. The van der Waals surface area contributed by atoms with E-state index in [0.717, 1.165) is 23.8 Å². The van der Waals surface area contributed by atoms with Crippen LogP contribution in [0, 0.1) is 5.92 Å². The van der Waals surface area contributed by atoms with E-state index < -0.39 is 6.09 Å². The first-order chi connectivity index (χ1) is 13.0. The van der Waals surface area contributed by atoms with Crippen LogP contribution < -0.4 is 5.43 Å². The van der Waals surface area contributed by atoms with E-state index in [2.05, 4.69) is 29.5 Å². The number of nitrogens with one attached hydrogen (secondary N) is 1. The van der Waals surface area contributed by atoms with Crippen molar-refractivity contribution in [1.29, 1.82) is 0 Å². The summed E-state index contributed by atoms with van der Waals surface area (Å²) in [6.07, 6.45) is 5.67. The Bertz CT molecular complexity index is 725. The zero-order chi connectivity index (χ0) is 19.0. The van der Waals surface area contributed by atoms with Crippen LogP contribution in [0.4, 0.5) is 4.79 Å². The lowest BCUT2D eigenvalue weighted by molar-refractivity contribution is 0.0798. The Hall–Kier alpha value is -1.72. The van der Waals surface area contributed by atoms with E-state index in [-0.39, 0.29) is 6.04 Å². The maximum atomic E-state index is 11.4. The summed E-state index contributed by atoms with van der Waals surface area (Å²) in [4.78, 5) is 13.0. The van der Waals surface area contributed by atoms with Gasteiger partial charge in [-0.05, 0) is 61.3 Å². The lowest BCUT2D eigenvalue weighted by Gasteiger charge is -2.38. The molecule has 1 aromatic rings. The van der Waals surface area contributed by atoms with Crippen molar-refractivity contribution in [3.63, 3.8) is 0 Å². The number of hydrogen-bond acceptors (Lipinski definition) is 3. The number of benzene rings is 1. The number of halogens is 1. The second-order valence-electron chi connectivity index (χ2n) is 8.16. The maximum Gasteiger partial charge on any atom is 0.407 e. The molecule has 146 valence electrons. The molecule has 2 N–H and O–H groups in total. The molecule has 1 unspecified atom stereocenters. The number of amides is 1. The van der Waals surface area contributed by atoms with E-state index in [1.807, 2.05) is 12.1 Å². The van der Waals surface area contributed by atoms with Crippen molar-refractivity contribution in [2.75, 3.05) is 13.1 Å². The molecule has 2 aliphatic heterocycles. The summed E-state index contributed by atoms with van der Waals surface area (Å²) in [6, 6.07) is 8.83. The number of hydrazine groups is 1. The number of nitrogens with zero attached hydrogens (tertiary/aromatic N) is 2. The van der Waals surface area contributed by atoms with E-state index in [4.69, 9.17) is 11.6 Å². The molecule has 27 heavy (non-hydrogen) atoms. The summed E-state index contributed by atoms with van der Waals surface area (Å²) in [7, 11) is 0. The summed E-state index contributed by atoms with van der Waals surface area (Å²) in [6.45, 7) is 3.47. The third-order valence-corrected chi connectivity index (χ3v) is 6.63. The molecular formula is C21H28ClN3O2. The van der Waals surface area contributed by atoms with Crippen molar-refractivity contribution < 1.29 is 9.90 Å². The molecule has 3 aliphatic rings. The number of carboxylic acid groups (broad SMARTS) is 1. The van der Waals surface area contributed by atoms with E-state index in [1.165, 1.54) is 47.4 Å². The highest BCUT2D eigenvalue weighted by molar-refractivity contribution is 6.30. The van der Waals surface area contributed by atoms with Crippen LogP contribution in [0.15, 0.2) is 35.5 Å². The summed E-state index contributed by atoms with van der Waals surface area (Å²) in [5, 5.41) is 12.6. The normalized spacial score (nSPS) is 29.3. The predicted octanol–water partition coefficient (Wildman–Crippen LogP) is 4.81. The van der Waals surface area contributed by atoms with Gasteiger partial charge in [0.15, 0.2) is 0 Å². The summed E-state index contributed by atoms with van der Waals surface area (Å²) < 4.78 is 0. The Balaban J connectivity index is 1.62. The first-order valence-electron chi connectivity index (χ1n) is 10.0. The van der Waals surface area contributed by atoms with Crippen LogP contribution >= 0.6 is 11.6 Å². The van der Waals surface area contributed by atoms with Crippen LogP contribution in [-0.2, 0) is 0 Å². The lowest BCUT2D eigenvalue weighted by atomic mass is 9.85. The first kappa shape index (κ1) is 18.6. The molecule has 1 atom stereocenters. The molecule has 0 bridgehead atoms. The second-order valence-corrected chi connectivity index (χ2v) is 8.60. The minimum absolute atomic E-state index is 0.171. The van der Waals surface area contributed by atoms with Crippen molar-refractivity contribution in [1.82, 2.24) is 15.3 Å². The molecule has 0 spiro atoms. The van der Waals surface area contributed by atoms with Crippen LogP contribution in [0.2, 0.25) is 5.02 Å². The summed E-state index contributed by atoms with van der Waals surface area (Å²) in [5.41, 5.74) is 7.50. The monoisotopic (exact) mass is 389 g/mol. The van der Waals surface area contributed by atoms with E-state index in [9.17, 15) is 9.90 Å². The van der Waals surface area contributed by atoms with Gasteiger partial charge in [0.1, 0.15) is 0 Å². The molecule has 0 aromatic heterocycles. The Morgan fingerprint density at radius 2 is 1.78 bits per heavy atom. The van der Waals surface area contributed by atoms with Crippen LogP contribution in [0.1, 0.15) is 57.1 Å². The molecule has 1 amide bonds. The highest BCUT2D eigenvalue weighted by Gasteiger charge is 2.39. The molecule has 1 aliphatic carbocycles. The largest absolute Gasteiger partial charge is 0.465 e. The molecule has 4 rings (SSSR count). The first-order valence-corrected chi connectivity index (χ1v) is 10.4. The van der Waals surface area contributed by atoms with E-state index in [1.54, 1.807) is 0 Å². The molecule has 1 fully saturated rings. The predicted molar refractivity (Wildman–Crippen MR) is 106 cm³/mol. The topological polar surface area (TPSA) is 55.8 Å². The molecule has 6 heteroatoms. The van der Waals surface area contributed by atoms with Crippen LogP contribution in [0.5, 0.6) is 0 Å². The minimum atomic E-state index is -0.822. The van der Waals surface area contributed by atoms with E-state index in [0.29, 0.717) is 19.1 Å². The van der Waals surface area contributed by atoms with Crippen molar-refractivity contribution in [2.24, 2.45) is 5.92 Å². The Morgan fingerprint density at radius 3 is 2.44 bits per heavy atom. The highest BCUT2D eigenvalue weighted by atomic mass is 35.5. The quantitative estimate of drug-likeness (QED) is 0.762. The lowest BCUT2D eigenvalue weighted by Crippen LogP contribution is -2.45. The van der Waals surface area contributed by atoms with Gasteiger partial charge >= 0.3 is 6.09 Å². The van der Waals surface area contributed by atoms with Gasteiger partial charge in [0, 0.05) is 36.3 Å². The summed E-state index contributed by atoms with van der Waals surface area (Å²) in [5.74, 6) is 0.813. The zero-order valence-electron chi connectivity index (χ0n) is 15.8. The molecule has 5 nitrogen and oxygen atoms in total. The fraction of sp³-hybridized carbons (Fsp3) is 0.571. The third kappa shape index (κ3) is 3.81. The molecule has 1 aromatic carbocycles. The molecule has 2 heterocycles. The van der Waals surface area contributed by atoms with Crippen molar-refractivity contribution in [2.45, 2.75) is 57.5 Å². The third-order valence-electron chi connectivity index (χ3n) is 6.38. The van der Waals surface area contributed by atoms with Gasteiger partial charge in [-0.1, -0.05) is 30.7 Å². The van der Waals surface area contributed by atoms with E-state index >= 15 is 0 Å². The number of hydrogen-bond donors (Lipinski definition) is 2. The van der Waals surface area contributed by atoms with Crippen LogP contribution in [0.25, 0.3) is 0 Å². The van der Waals surface area contributed by atoms with Crippen molar-refractivity contribution >= 4 is 17.7 Å². The maximum absolute atomic E-state index is 11.4. The second kappa shape index (κ2) is 7.72. The summed E-state index contributed by atoms with van der Waals surface area (Å²) >= 11 is 6.12.